The highest BCUT2D eigenvalue weighted by Gasteiger charge is 2.27. The van der Waals surface area contributed by atoms with Crippen LogP contribution in [-0.4, -0.2) is 46.3 Å². The van der Waals surface area contributed by atoms with E-state index in [2.05, 4.69) is 26.9 Å². The molecule has 0 atom stereocenters. The predicted molar refractivity (Wildman–Crippen MR) is 89.0 cm³/mol. The Balaban J connectivity index is 1.87. The summed E-state index contributed by atoms with van der Waals surface area (Å²) in [5.74, 6) is 1.81. The summed E-state index contributed by atoms with van der Waals surface area (Å²) in [4.78, 5) is 9.79. The second-order valence-electron chi connectivity index (χ2n) is 6.39. The van der Waals surface area contributed by atoms with E-state index in [1.54, 1.807) is 0 Å². The number of nitrogens with zero attached hydrogens (tertiary/aromatic N) is 4. The Morgan fingerprint density at radius 1 is 1.14 bits per heavy atom. The van der Waals surface area contributed by atoms with E-state index in [0.717, 1.165) is 56.0 Å². The molecular weight excluding hydrogens is 276 g/mol. The van der Waals surface area contributed by atoms with Gasteiger partial charge in [-0.05, 0) is 37.8 Å². The van der Waals surface area contributed by atoms with Gasteiger partial charge in [-0.25, -0.2) is 4.98 Å². The second kappa shape index (κ2) is 5.43. The zero-order valence-electron chi connectivity index (χ0n) is 13.2. The van der Waals surface area contributed by atoms with Gasteiger partial charge in [0.2, 0.25) is 0 Å². The lowest BCUT2D eigenvalue weighted by molar-refractivity contribution is 0.269. The Morgan fingerprint density at radius 2 is 1.95 bits per heavy atom. The van der Waals surface area contributed by atoms with Crippen LogP contribution in [0.15, 0.2) is 0 Å². The molecule has 118 valence electrons. The van der Waals surface area contributed by atoms with Crippen molar-refractivity contribution in [2.45, 2.75) is 39.2 Å². The maximum Gasteiger partial charge on any atom is 0.185 e. The smallest absolute Gasteiger partial charge is 0.185 e. The summed E-state index contributed by atoms with van der Waals surface area (Å²) in [5, 5.41) is 8.28. The van der Waals surface area contributed by atoms with E-state index in [1.807, 2.05) is 0 Å². The van der Waals surface area contributed by atoms with Crippen LogP contribution < -0.4 is 10.6 Å². The molecule has 6 nitrogen and oxygen atoms in total. The summed E-state index contributed by atoms with van der Waals surface area (Å²) in [6.07, 6.45) is 4.92. The van der Waals surface area contributed by atoms with Crippen molar-refractivity contribution in [2.75, 3.05) is 36.8 Å². The molecule has 0 spiro atoms. The third-order valence-electron chi connectivity index (χ3n) is 5.09. The molecule has 1 saturated heterocycles. The molecule has 2 aliphatic rings. The van der Waals surface area contributed by atoms with Crippen LogP contribution in [0.25, 0.3) is 11.0 Å². The van der Waals surface area contributed by atoms with Crippen LogP contribution in [0.1, 0.15) is 37.3 Å². The van der Waals surface area contributed by atoms with Gasteiger partial charge in [-0.15, -0.1) is 0 Å². The molecule has 2 aromatic rings. The largest absolute Gasteiger partial charge is 0.384 e. The van der Waals surface area contributed by atoms with Gasteiger partial charge >= 0.3 is 0 Å². The van der Waals surface area contributed by atoms with E-state index in [1.165, 1.54) is 30.4 Å². The number of aromatic nitrogens is 3. The van der Waals surface area contributed by atoms with Gasteiger partial charge < -0.3 is 10.6 Å². The number of hydrogen-bond donors (Lipinski definition) is 2. The number of aromatic amines is 1. The average molecular weight is 300 g/mol. The van der Waals surface area contributed by atoms with Gasteiger partial charge in [0.1, 0.15) is 11.6 Å². The SMILES string of the molecule is CCN1CCc2c(N3CCCCC3)nc3n[nH]c(N)c3c2C1. The fourth-order valence-corrected chi connectivity index (χ4v) is 3.82. The molecule has 0 radical (unpaired) electrons. The average Bonchev–Trinajstić information content (AvgIpc) is 2.95. The summed E-state index contributed by atoms with van der Waals surface area (Å²) in [7, 11) is 0. The standard InChI is InChI=1S/C16H24N6/c1-2-21-9-6-11-12(10-21)13-14(17)19-20-15(13)18-16(11)22-7-4-3-5-8-22/h2-10H2,1H3,(H3,17,18,19,20). The number of anilines is 2. The number of nitrogens with one attached hydrogen (secondary N) is 1. The minimum atomic E-state index is 0.655. The van der Waals surface area contributed by atoms with Crippen LogP contribution in [0.3, 0.4) is 0 Å². The van der Waals surface area contributed by atoms with Gasteiger partial charge in [0.15, 0.2) is 5.65 Å². The first-order valence-corrected chi connectivity index (χ1v) is 8.40. The summed E-state index contributed by atoms with van der Waals surface area (Å²) in [6, 6.07) is 0. The maximum atomic E-state index is 6.13. The van der Waals surface area contributed by atoms with Gasteiger partial charge in [0.25, 0.3) is 0 Å². The zero-order valence-corrected chi connectivity index (χ0v) is 13.2. The van der Waals surface area contributed by atoms with Gasteiger partial charge in [-0.2, -0.15) is 5.10 Å². The highest BCUT2D eigenvalue weighted by atomic mass is 15.2. The number of nitrogens with two attached hydrogens (primary N) is 1. The van der Waals surface area contributed by atoms with Crippen LogP contribution in [0.2, 0.25) is 0 Å². The molecule has 22 heavy (non-hydrogen) atoms. The molecule has 3 N–H and O–H groups in total. The van der Waals surface area contributed by atoms with Crippen LogP contribution in [0, 0.1) is 0 Å². The normalized spacial score (nSPS) is 19.6. The van der Waals surface area contributed by atoms with E-state index < -0.39 is 0 Å². The maximum absolute atomic E-state index is 6.13. The van der Waals surface area contributed by atoms with Gasteiger partial charge in [0.05, 0.1) is 5.39 Å². The Labute approximate surface area is 130 Å². The molecule has 0 saturated carbocycles. The Bertz CT molecular complexity index is 685. The van der Waals surface area contributed by atoms with Crippen LogP contribution in [0.4, 0.5) is 11.6 Å². The molecule has 4 heterocycles. The zero-order chi connectivity index (χ0) is 15.1. The van der Waals surface area contributed by atoms with Crippen LogP contribution in [0.5, 0.6) is 0 Å². The third kappa shape index (κ3) is 2.13. The highest BCUT2D eigenvalue weighted by molar-refractivity contribution is 5.92. The highest BCUT2D eigenvalue weighted by Crippen LogP contribution is 2.35. The number of likely N-dealkylation sites (N-methyl/N-ethyl adjacent to an activating group) is 1. The molecule has 0 bridgehead atoms. The summed E-state index contributed by atoms with van der Waals surface area (Å²) >= 11 is 0. The van der Waals surface area contributed by atoms with E-state index in [9.17, 15) is 0 Å². The summed E-state index contributed by atoms with van der Waals surface area (Å²) in [5.41, 5.74) is 9.63. The number of piperidine rings is 1. The second-order valence-corrected chi connectivity index (χ2v) is 6.39. The quantitative estimate of drug-likeness (QED) is 0.886. The summed E-state index contributed by atoms with van der Waals surface area (Å²) in [6.45, 7) is 7.57. The monoisotopic (exact) mass is 300 g/mol. The van der Waals surface area contributed by atoms with E-state index >= 15 is 0 Å². The topological polar surface area (TPSA) is 74.1 Å². The number of pyridine rings is 1. The minimum absolute atomic E-state index is 0.655. The lowest BCUT2D eigenvalue weighted by atomic mass is 9.96. The Kier molecular flexibility index (Phi) is 3.41. The lowest BCUT2D eigenvalue weighted by Gasteiger charge is -2.34. The number of nitrogen functional groups attached to an aromatic ring is 1. The molecule has 0 unspecified atom stereocenters. The third-order valence-corrected chi connectivity index (χ3v) is 5.09. The van der Waals surface area contributed by atoms with Gasteiger partial charge in [0, 0.05) is 31.7 Å². The molecule has 0 aliphatic carbocycles. The van der Waals surface area contributed by atoms with Crippen LogP contribution in [-0.2, 0) is 13.0 Å². The fourth-order valence-electron chi connectivity index (χ4n) is 3.82. The molecular formula is C16H24N6. The minimum Gasteiger partial charge on any atom is -0.384 e. The van der Waals surface area contributed by atoms with Crippen LogP contribution >= 0.6 is 0 Å². The van der Waals surface area contributed by atoms with Crippen molar-refractivity contribution in [3.8, 4) is 0 Å². The molecule has 4 rings (SSSR count). The van der Waals surface area contributed by atoms with Crippen molar-refractivity contribution in [3.05, 3.63) is 11.1 Å². The first kappa shape index (κ1) is 13.8. The first-order valence-electron chi connectivity index (χ1n) is 8.40. The number of fused-ring (bicyclic) bond motifs is 3. The van der Waals surface area contributed by atoms with Gasteiger partial charge in [-0.1, -0.05) is 6.92 Å². The molecule has 0 aromatic carbocycles. The first-order chi connectivity index (χ1) is 10.8. The van der Waals surface area contributed by atoms with Crippen molar-refractivity contribution in [2.24, 2.45) is 0 Å². The Hall–Kier alpha value is -1.82. The summed E-state index contributed by atoms with van der Waals surface area (Å²) < 4.78 is 0. The Morgan fingerprint density at radius 3 is 2.73 bits per heavy atom. The number of hydrogen-bond acceptors (Lipinski definition) is 5. The fraction of sp³-hybridized carbons (Fsp3) is 0.625. The molecule has 1 fully saturated rings. The molecule has 6 heteroatoms. The number of H-pyrrole nitrogens is 1. The van der Waals surface area contributed by atoms with E-state index in [4.69, 9.17) is 10.7 Å². The van der Waals surface area contributed by atoms with Crippen molar-refractivity contribution in [1.82, 2.24) is 20.1 Å². The van der Waals surface area contributed by atoms with Crippen molar-refractivity contribution in [1.29, 1.82) is 0 Å². The number of rotatable bonds is 2. The lowest BCUT2D eigenvalue weighted by Crippen LogP contribution is -2.35. The molecule has 2 aromatic heterocycles. The predicted octanol–water partition coefficient (Wildman–Crippen LogP) is 1.91. The molecule has 0 amide bonds. The molecule has 2 aliphatic heterocycles. The van der Waals surface area contributed by atoms with Crippen molar-refractivity contribution < 1.29 is 0 Å². The van der Waals surface area contributed by atoms with Crippen molar-refractivity contribution >= 4 is 22.7 Å². The van der Waals surface area contributed by atoms with E-state index in [-0.39, 0.29) is 0 Å². The van der Waals surface area contributed by atoms with Gasteiger partial charge in [-0.3, -0.25) is 10.00 Å². The van der Waals surface area contributed by atoms with Crippen molar-refractivity contribution in [3.63, 3.8) is 0 Å². The van der Waals surface area contributed by atoms with E-state index in [0.29, 0.717) is 5.82 Å².